The number of benzene rings is 1. The highest BCUT2D eigenvalue weighted by Gasteiger charge is 2.24. The van der Waals surface area contributed by atoms with E-state index in [0.29, 0.717) is 12.5 Å². The summed E-state index contributed by atoms with van der Waals surface area (Å²) in [6.07, 6.45) is 0. The van der Waals surface area contributed by atoms with Crippen LogP contribution in [0.15, 0.2) is 18.2 Å². The zero-order valence-corrected chi connectivity index (χ0v) is 12.3. The van der Waals surface area contributed by atoms with E-state index in [0.717, 1.165) is 0 Å². The lowest BCUT2D eigenvalue weighted by Crippen LogP contribution is -2.37. The van der Waals surface area contributed by atoms with Gasteiger partial charge in [-0.3, -0.25) is 14.9 Å². The van der Waals surface area contributed by atoms with Gasteiger partial charge >= 0.3 is 0 Å². The Morgan fingerprint density at radius 3 is 2.55 bits per heavy atom. The van der Waals surface area contributed by atoms with Crippen molar-refractivity contribution in [2.24, 2.45) is 11.3 Å². The molecule has 0 aliphatic heterocycles. The number of nitro groups is 1. The molecule has 110 valence electrons. The number of nitrogens with one attached hydrogen (secondary N) is 1. The van der Waals surface area contributed by atoms with Crippen molar-refractivity contribution in [3.05, 3.63) is 33.9 Å². The molecule has 1 aromatic carbocycles. The number of nitrogens with two attached hydrogens (primary N) is 1. The first-order valence-electron chi connectivity index (χ1n) is 6.48. The third-order valence-electron chi connectivity index (χ3n) is 3.79. The van der Waals surface area contributed by atoms with E-state index < -0.39 is 4.92 Å². The number of nitrogens with zero attached hydrogens (tertiary/aromatic N) is 1. The Bertz CT molecular complexity index is 524. The van der Waals surface area contributed by atoms with Gasteiger partial charge in [-0.25, -0.2) is 0 Å². The Morgan fingerprint density at radius 1 is 1.45 bits per heavy atom. The van der Waals surface area contributed by atoms with Crippen LogP contribution in [0.25, 0.3) is 0 Å². The second-order valence-corrected chi connectivity index (χ2v) is 5.82. The van der Waals surface area contributed by atoms with E-state index in [4.69, 9.17) is 5.73 Å². The van der Waals surface area contributed by atoms with E-state index in [-0.39, 0.29) is 28.3 Å². The van der Waals surface area contributed by atoms with Gasteiger partial charge in [0.1, 0.15) is 5.69 Å². The monoisotopic (exact) mass is 279 g/mol. The highest BCUT2D eigenvalue weighted by Crippen LogP contribution is 2.27. The summed E-state index contributed by atoms with van der Waals surface area (Å²) in [7, 11) is 0. The minimum atomic E-state index is -0.593. The van der Waals surface area contributed by atoms with Crippen LogP contribution in [0.1, 0.15) is 38.1 Å². The molecular weight excluding hydrogens is 258 g/mol. The molecule has 0 aliphatic rings. The summed E-state index contributed by atoms with van der Waals surface area (Å²) in [6, 6.07) is 4.22. The Balaban J connectivity index is 2.89. The number of hydrogen-bond acceptors (Lipinski definition) is 4. The summed E-state index contributed by atoms with van der Waals surface area (Å²) >= 11 is 0. The lowest BCUT2D eigenvalue weighted by molar-refractivity contribution is -0.383. The van der Waals surface area contributed by atoms with Crippen molar-refractivity contribution < 1.29 is 9.72 Å². The van der Waals surface area contributed by atoms with Gasteiger partial charge < -0.3 is 11.1 Å². The maximum atomic E-state index is 12.1. The van der Waals surface area contributed by atoms with E-state index in [1.807, 2.05) is 0 Å². The fourth-order valence-corrected chi connectivity index (χ4v) is 1.52. The minimum absolute atomic E-state index is 0.0643. The summed E-state index contributed by atoms with van der Waals surface area (Å²) < 4.78 is 0. The molecule has 0 atom stereocenters. The number of para-hydroxylation sites is 1. The van der Waals surface area contributed by atoms with Gasteiger partial charge in [0.15, 0.2) is 0 Å². The molecule has 3 N–H and O–H groups in total. The van der Waals surface area contributed by atoms with Gasteiger partial charge in [-0.15, -0.1) is 0 Å². The molecular formula is C14H21N3O3. The standard InChI is InChI=1S/C14H21N3O3/c1-9(2)14(3,4)8-16-13(18)10-6-5-7-11(12(10)15)17(19)20/h5-7,9H,8,15H2,1-4H3,(H,16,18). The SMILES string of the molecule is CC(C)C(C)(C)CNC(=O)c1cccc([N+](=O)[O-])c1N. The third kappa shape index (κ3) is 3.46. The molecule has 0 fully saturated rings. The lowest BCUT2D eigenvalue weighted by atomic mass is 9.81. The number of nitro benzene ring substituents is 1. The van der Waals surface area contributed by atoms with Crippen molar-refractivity contribution in [3.8, 4) is 0 Å². The highest BCUT2D eigenvalue weighted by atomic mass is 16.6. The van der Waals surface area contributed by atoms with Crippen molar-refractivity contribution in [3.63, 3.8) is 0 Å². The van der Waals surface area contributed by atoms with Crippen molar-refractivity contribution in [1.82, 2.24) is 5.32 Å². The van der Waals surface area contributed by atoms with Crippen molar-refractivity contribution in [1.29, 1.82) is 0 Å². The average Bonchev–Trinajstić information content (AvgIpc) is 2.35. The van der Waals surface area contributed by atoms with Crippen LogP contribution >= 0.6 is 0 Å². The zero-order valence-electron chi connectivity index (χ0n) is 12.3. The molecule has 6 heteroatoms. The van der Waals surface area contributed by atoms with Crippen LogP contribution in [-0.2, 0) is 0 Å². The first-order chi connectivity index (χ1) is 9.16. The highest BCUT2D eigenvalue weighted by molar-refractivity contribution is 6.00. The van der Waals surface area contributed by atoms with Crippen LogP contribution in [0, 0.1) is 21.4 Å². The summed E-state index contributed by atoms with van der Waals surface area (Å²) in [6.45, 7) is 8.73. The zero-order chi connectivity index (χ0) is 15.5. The van der Waals surface area contributed by atoms with Crippen molar-refractivity contribution >= 4 is 17.3 Å². The number of carbonyl (C=O) groups is 1. The number of rotatable bonds is 5. The number of nitrogen functional groups attached to an aromatic ring is 1. The first kappa shape index (κ1) is 15.9. The summed E-state index contributed by atoms with van der Waals surface area (Å²) in [4.78, 5) is 22.3. The van der Waals surface area contributed by atoms with Crippen LogP contribution in [0.3, 0.4) is 0 Å². The van der Waals surface area contributed by atoms with Crippen LogP contribution in [0.5, 0.6) is 0 Å². The molecule has 0 aromatic heterocycles. The number of carbonyl (C=O) groups excluding carboxylic acids is 1. The predicted molar refractivity (Wildman–Crippen MR) is 78.5 cm³/mol. The van der Waals surface area contributed by atoms with Crippen LogP contribution < -0.4 is 11.1 Å². The maximum Gasteiger partial charge on any atom is 0.292 e. The Labute approximate surface area is 118 Å². The molecule has 0 radical (unpaired) electrons. The summed E-state index contributed by atoms with van der Waals surface area (Å²) in [5.41, 5.74) is 5.41. The second-order valence-electron chi connectivity index (χ2n) is 5.82. The molecule has 0 saturated heterocycles. The van der Waals surface area contributed by atoms with E-state index in [1.54, 1.807) is 0 Å². The van der Waals surface area contributed by atoms with E-state index >= 15 is 0 Å². The lowest BCUT2D eigenvalue weighted by Gasteiger charge is -2.29. The molecule has 0 heterocycles. The van der Waals surface area contributed by atoms with E-state index in [2.05, 4.69) is 33.0 Å². The molecule has 0 bridgehead atoms. The second kappa shape index (κ2) is 5.90. The first-order valence-corrected chi connectivity index (χ1v) is 6.48. The number of hydrogen-bond donors (Lipinski definition) is 2. The molecule has 1 aromatic rings. The summed E-state index contributed by atoms with van der Waals surface area (Å²) in [5, 5.41) is 13.6. The van der Waals surface area contributed by atoms with Crippen LogP contribution in [-0.4, -0.2) is 17.4 Å². The van der Waals surface area contributed by atoms with Gasteiger partial charge in [-0.1, -0.05) is 33.8 Å². The van der Waals surface area contributed by atoms with E-state index in [1.165, 1.54) is 18.2 Å². The normalized spacial score (nSPS) is 11.4. The van der Waals surface area contributed by atoms with Crippen LogP contribution in [0.4, 0.5) is 11.4 Å². The molecule has 1 rings (SSSR count). The molecule has 0 unspecified atom stereocenters. The number of amides is 1. The topological polar surface area (TPSA) is 98.3 Å². The van der Waals surface area contributed by atoms with Crippen LogP contribution in [0.2, 0.25) is 0 Å². The fraction of sp³-hybridized carbons (Fsp3) is 0.500. The molecule has 6 nitrogen and oxygen atoms in total. The third-order valence-corrected chi connectivity index (χ3v) is 3.79. The smallest absolute Gasteiger partial charge is 0.292 e. The van der Waals surface area contributed by atoms with Gasteiger partial charge in [-0.2, -0.15) is 0 Å². The largest absolute Gasteiger partial charge is 0.393 e. The molecule has 0 saturated carbocycles. The average molecular weight is 279 g/mol. The molecule has 0 aliphatic carbocycles. The van der Waals surface area contributed by atoms with Gasteiger partial charge in [0.25, 0.3) is 11.6 Å². The fourth-order valence-electron chi connectivity index (χ4n) is 1.52. The van der Waals surface area contributed by atoms with Gasteiger partial charge in [0, 0.05) is 12.6 Å². The van der Waals surface area contributed by atoms with Gasteiger partial charge in [-0.05, 0) is 17.4 Å². The van der Waals surface area contributed by atoms with Crippen molar-refractivity contribution in [2.75, 3.05) is 12.3 Å². The Hall–Kier alpha value is -2.11. The van der Waals surface area contributed by atoms with Gasteiger partial charge in [0.2, 0.25) is 0 Å². The Kier molecular flexibility index (Phi) is 4.70. The quantitative estimate of drug-likeness (QED) is 0.491. The minimum Gasteiger partial charge on any atom is -0.393 e. The summed E-state index contributed by atoms with van der Waals surface area (Å²) in [5.74, 6) is 0.00480. The Morgan fingerprint density at radius 2 is 2.05 bits per heavy atom. The maximum absolute atomic E-state index is 12.1. The molecule has 20 heavy (non-hydrogen) atoms. The molecule has 0 spiro atoms. The molecule has 1 amide bonds. The van der Waals surface area contributed by atoms with Crippen molar-refractivity contribution in [2.45, 2.75) is 27.7 Å². The van der Waals surface area contributed by atoms with E-state index in [9.17, 15) is 14.9 Å². The van der Waals surface area contributed by atoms with Gasteiger partial charge in [0.05, 0.1) is 10.5 Å². The predicted octanol–water partition coefficient (Wildman–Crippen LogP) is 2.59. The number of anilines is 1.